The summed E-state index contributed by atoms with van der Waals surface area (Å²) in [6, 6.07) is 0. The van der Waals surface area contributed by atoms with Crippen LogP contribution >= 0.6 is 0 Å². The molecule has 1 N–H and O–H groups in total. The smallest absolute Gasteiger partial charge is 0.339 e. The van der Waals surface area contributed by atoms with Crippen LogP contribution in [0.25, 0.3) is 16.7 Å². The lowest BCUT2D eigenvalue weighted by atomic mass is 10.1. The Bertz CT molecular complexity index is 847. The first kappa shape index (κ1) is 13.3. The minimum absolute atomic E-state index is 0.145. The highest BCUT2D eigenvalue weighted by atomic mass is 16.4. The molecule has 0 bridgehead atoms. The standard InChI is InChI=1S/C14H15N5O2/c1-4-10-15-5-6-19(10)12-9(14(20)21)7-16-13-11(12)8(2)17-18(13)3/h5-7H,4H2,1-3H3,(H,20,21). The highest BCUT2D eigenvalue weighted by Gasteiger charge is 2.21. The maximum absolute atomic E-state index is 11.6. The van der Waals surface area contributed by atoms with Crippen molar-refractivity contribution in [1.82, 2.24) is 24.3 Å². The summed E-state index contributed by atoms with van der Waals surface area (Å²) < 4.78 is 3.46. The second kappa shape index (κ2) is 4.69. The Morgan fingerprint density at radius 3 is 2.81 bits per heavy atom. The minimum atomic E-state index is -1.02. The van der Waals surface area contributed by atoms with Gasteiger partial charge in [0.2, 0.25) is 0 Å². The highest BCUT2D eigenvalue weighted by Crippen LogP contribution is 2.28. The molecule has 0 amide bonds. The third-order valence-corrected chi connectivity index (χ3v) is 3.50. The van der Waals surface area contributed by atoms with Gasteiger partial charge >= 0.3 is 5.97 Å². The Kier molecular flexibility index (Phi) is 2.97. The van der Waals surface area contributed by atoms with Crippen molar-refractivity contribution in [3.8, 4) is 5.69 Å². The first-order valence-electron chi connectivity index (χ1n) is 6.62. The predicted molar refractivity (Wildman–Crippen MR) is 76.7 cm³/mol. The van der Waals surface area contributed by atoms with E-state index in [2.05, 4.69) is 15.1 Å². The number of imidazole rings is 1. The van der Waals surface area contributed by atoms with E-state index >= 15 is 0 Å². The van der Waals surface area contributed by atoms with Crippen molar-refractivity contribution in [2.45, 2.75) is 20.3 Å². The molecule has 0 unspecified atom stereocenters. The Balaban J connectivity index is 2.48. The molecule has 0 saturated heterocycles. The molecular weight excluding hydrogens is 270 g/mol. The summed E-state index contributed by atoms with van der Waals surface area (Å²) in [6.07, 6.45) is 5.52. The molecule has 108 valence electrons. The quantitative estimate of drug-likeness (QED) is 0.792. The lowest BCUT2D eigenvalue weighted by Gasteiger charge is -2.11. The van der Waals surface area contributed by atoms with Crippen LogP contribution in [0.4, 0.5) is 0 Å². The number of hydrogen-bond donors (Lipinski definition) is 1. The van der Waals surface area contributed by atoms with Gasteiger partial charge in [-0.3, -0.25) is 4.68 Å². The molecule has 0 atom stereocenters. The van der Waals surface area contributed by atoms with Crippen LogP contribution in [0.2, 0.25) is 0 Å². The van der Waals surface area contributed by atoms with Crippen molar-refractivity contribution in [3.63, 3.8) is 0 Å². The van der Waals surface area contributed by atoms with E-state index in [-0.39, 0.29) is 5.56 Å². The average Bonchev–Trinajstić information content (AvgIpc) is 3.03. The molecule has 0 fully saturated rings. The molecule has 0 aliphatic rings. The van der Waals surface area contributed by atoms with E-state index in [1.165, 1.54) is 6.20 Å². The summed E-state index contributed by atoms with van der Waals surface area (Å²) in [4.78, 5) is 20.1. The second-order valence-electron chi connectivity index (χ2n) is 4.80. The molecule has 3 aromatic heterocycles. The number of aromatic carboxylic acids is 1. The van der Waals surface area contributed by atoms with Gasteiger partial charge in [0.25, 0.3) is 0 Å². The van der Waals surface area contributed by atoms with Crippen molar-refractivity contribution in [3.05, 3.63) is 35.7 Å². The zero-order chi connectivity index (χ0) is 15.1. The number of hydrogen-bond acceptors (Lipinski definition) is 4. The highest BCUT2D eigenvalue weighted by molar-refractivity contribution is 6.00. The molecule has 3 rings (SSSR count). The lowest BCUT2D eigenvalue weighted by molar-refractivity contribution is 0.0696. The van der Waals surface area contributed by atoms with Crippen molar-refractivity contribution >= 4 is 17.0 Å². The number of rotatable bonds is 3. The van der Waals surface area contributed by atoms with Gasteiger partial charge in [0.05, 0.1) is 16.8 Å². The molecule has 0 radical (unpaired) electrons. The van der Waals surface area contributed by atoms with Gasteiger partial charge in [0, 0.05) is 32.1 Å². The van der Waals surface area contributed by atoms with Gasteiger partial charge in [-0.15, -0.1) is 0 Å². The summed E-state index contributed by atoms with van der Waals surface area (Å²) in [5.41, 5.74) is 2.12. The number of carboxylic acid groups (broad SMARTS) is 1. The molecule has 0 saturated carbocycles. The molecule has 3 aromatic rings. The number of carbonyl (C=O) groups is 1. The maximum Gasteiger partial charge on any atom is 0.339 e. The molecule has 0 spiro atoms. The van der Waals surface area contributed by atoms with Gasteiger partial charge in [-0.2, -0.15) is 5.10 Å². The Morgan fingerprint density at radius 1 is 1.38 bits per heavy atom. The van der Waals surface area contributed by atoms with Gasteiger partial charge in [0.15, 0.2) is 5.65 Å². The molecular formula is C14H15N5O2. The fourth-order valence-corrected chi connectivity index (χ4v) is 2.60. The minimum Gasteiger partial charge on any atom is -0.478 e. The van der Waals surface area contributed by atoms with Crippen molar-refractivity contribution in [1.29, 1.82) is 0 Å². The van der Waals surface area contributed by atoms with Crippen LogP contribution in [0.1, 0.15) is 28.8 Å². The molecule has 0 aromatic carbocycles. The maximum atomic E-state index is 11.6. The van der Waals surface area contributed by atoms with Crippen LogP contribution in [0.15, 0.2) is 18.6 Å². The van der Waals surface area contributed by atoms with Crippen LogP contribution < -0.4 is 0 Å². The zero-order valence-corrected chi connectivity index (χ0v) is 12.0. The number of aromatic nitrogens is 5. The number of nitrogens with zero attached hydrogens (tertiary/aromatic N) is 5. The first-order valence-corrected chi connectivity index (χ1v) is 6.62. The molecule has 21 heavy (non-hydrogen) atoms. The van der Waals surface area contributed by atoms with Gasteiger partial charge in [-0.05, 0) is 6.92 Å². The zero-order valence-electron chi connectivity index (χ0n) is 12.0. The lowest BCUT2D eigenvalue weighted by Crippen LogP contribution is -2.09. The fourth-order valence-electron chi connectivity index (χ4n) is 2.60. The van der Waals surface area contributed by atoms with Crippen molar-refractivity contribution in [2.75, 3.05) is 0 Å². The molecule has 7 nitrogen and oxygen atoms in total. The Labute approximate surface area is 120 Å². The SMILES string of the molecule is CCc1nccn1-c1c(C(=O)O)cnc2c1c(C)nn2C. The number of pyridine rings is 1. The van der Waals surface area contributed by atoms with Gasteiger partial charge < -0.3 is 9.67 Å². The van der Waals surface area contributed by atoms with Gasteiger partial charge in [0.1, 0.15) is 11.4 Å². The largest absolute Gasteiger partial charge is 0.478 e. The molecule has 7 heteroatoms. The van der Waals surface area contributed by atoms with E-state index in [1.54, 1.807) is 24.1 Å². The summed E-state index contributed by atoms with van der Waals surface area (Å²) >= 11 is 0. The molecule has 3 heterocycles. The Hall–Kier alpha value is -2.70. The third-order valence-electron chi connectivity index (χ3n) is 3.50. The first-order chi connectivity index (χ1) is 10.0. The monoisotopic (exact) mass is 285 g/mol. The van der Waals surface area contributed by atoms with Crippen molar-refractivity contribution < 1.29 is 9.90 Å². The van der Waals surface area contributed by atoms with Crippen LogP contribution in [0.5, 0.6) is 0 Å². The topological polar surface area (TPSA) is 85.8 Å². The van der Waals surface area contributed by atoms with E-state index in [0.717, 1.165) is 16.9 Å². The van der Waals surface area contributed by atoms with E-state index in [1.807, 2.05) is 18.4 Å². The van der Waals surface area contributed by atoms with Gasteiger partial charge in [-0.1, -0.05) is 6.92 Å². The number of carboxylic acids is 1. The number of aryl methyl sites for hydroxylation is 3. The van der Waals surface area contributed by atoms with Crippen molar-refractivity contribution in [2.24, 2.45) is 7.05 Å². The van der Waals surface area contributed by atoms with E-state index in [9.17, 15) is 9.90 Å². The van der Waals surface area contributed by atoms with E-state index < -0.39 is 5.97 Å². The van der Waals surface area contributed by atoms with Gasteiger partial charge in [-0.25, -0.2) is 14.8 Å². The van der Waals surface area contributed by atoms with Crippen LogP contribution in [-0.4, -0.2) is 35.4 Å². The van der Waals surface area contributed by atoms with Crippen LogP contribution in [0.3, 0.4) is 0 Å². The Morgan fingerprint density at radius 2 is 2.14 bits per heavy atom. The number of fused-ring (bicyclic) bond motifs is 1. The summed E-state index contributed by atoms with van der Waals surface area (Å²) in [5, 5.41) is 14.6. The van der Waals surface area contributed by atoms with Crippen LogP contribution in [0, 0.1) is 6.92 Å². The fraction of sp³-hybridized carbons (Fsp3) is 0.286. The normalized spacial score (nSPS) is 11.2. The van der Waals surface area contributed by atoms with E-state index in [4.69, 9.17) is 0 Å². The second-order valence-corrected chi connectivity index (χ2v) is 4.80. The average molecular weight is 285 g/mol. The molecule has 0 aliphatic heterocycles. The van der Waals surface area contributed by atoms with E-state index in [0.29, 0.717) is 17.8 Å². The summed E-state index contributed by atoms with van der Waals surface area (Å²) in [6.45, 7) is 3.83. The molecule has 0 aliphatic carbocycles. The third kappa shape index (κ3) is 1.89. The predicted octanol–water partition coefficient (Wildman–Crippen LogP) is 1.72. The summed E-state index contributed by atoms with van der Waals surface area (Å²) in [5.74, 6) is -0.216. The van der Waals surface area contributed by atoms with Crippen LogP contribution in [-0.2, 0) is 13.5 Å². The summed E-state index contributed by atoms with van der Waals surface area (Å²) in [7, 11) is 1.79.